The molecule has 0 radical (unpaired) electrons. The van der Waals surface area contributed by atoms with Crippen LogP contribution in [0.4, 0.5) is 0 Å². The van der Waals surface area contributed by atoms with E-state index in [0.717, 1.165) is 0 Å². The maximum atomic E-state index is 13.4. The van der Waals surface area contributed by atoms with Gasteiger partial charge >= 0.3 is 5.97 Å². The molecule has 11 amide bonds. The number of hydrogen-bond acceptors (Lipinski definition) is 14. The molecule has 2 heterocycles. The Kier molecular flexibility index (Phi) is 23.6. The number of carbonyl (C=O) groups is 12. The number of hydrogen-bond donors (Lipinski definition) is 13. The minimum absolute atomic E-state index is 0.0801. The van der Waals surface area contributed by atoms with Gasteiger partial charge in [-0.3, -0.25) is 52.7 Å². The van der Waals surface area contributed by atoms with Crippen molar-refractivity contribution in [3.63, 3.8) is 0 Å². The van der Waals surface area contributed by atoms with Crippen LogP contribution >= 0.6 is 0 Å². The predicted octanol–water partition coefficient (Wildman–Crippen LogP) is -5.80. The number of carboxylic acids is 1. The molecule has 0 aliphatic carbocycles. The highest BCUT2D eigenvalue weighted by molar-refractivity contribution is 5.97. The molecule has 0 bridgehead atoms. The van der Waals surface area contributed by atoms with Crippen LogP contribution in [0.25, 0.3) is 0 Å². The van der Waals surface area contributed by atoms with Gasteiger partial charge in [0, 0.05) is 25.9 Å². The number of aliphatic carboxylic acids is 1. The van der Waals surface area contributed by atoms with Gasteiger partial charge in [0.2, 0.25) is 65.0 Å². The zero-order chi connectivity index (χ0) is 50.5. The van der Waals surface area contributed by atoms with Crippen molar-refractivity contribution in [2.45, 2.75) is 141 Å². The first-order valence-corrected chi connectivity index (χ1v) is 22.2. The first kappa shape index (κ1) is 56.7. The lowest BCUT2D eigenvalue weighted by Gasteiger charge is -2.26. The van der Waals surface area contributed by atoms with E-state index in [4.69, 9.17) is 11.5 Å². The van der Waals surface area contributed by atoms with E-state index >= 15 is 0 Å². The average molecular weight is 953 g/mol. The fraction of sp³-hybridized carbons (Fsp3) is 0.707. The Bertz CT molecular complexity index is 1830. The van der Waals surface area contributed by atoms with Gasteiger partial charge in [-0.05, 0) is 63.7 Å². The van der Waals surface area contributed by atoms with Crippen molar-refractivity contribution in [2.24, 2.45) is 23.3 Å². The van der Waals surface area contributed by atoms with Crippen molar-refractivity contribution in [2.75, 3.05) is 32.7 Å². The minimum atomic E-state index is -1.41. The van der Waals surface area contributed by atoms with Crippen molar-refractivity contribution in [1.82, 2.24) is 52.8 Å². The number of carbonyl (C=O) groups excluding carboxylic acids is 11. The molecule has 67 heavy (non-hydrogen) atoms. The Morgan fingerprint density at radius 2 is 1.15 bits per heavy atom. The number of amides is 11. The summed E-state index contributed by atoms with van der Waals surface area (Å²) in [5.41, 5.74) is 10.4. The lowest BCUT2D eigenvalue weighted by Crippen LogP contribution is -2.57. The summed E-state index contributed by atoms with van der Waals surface area (Å²) in [6.45, 7) is 7.04. The number of likely N-dealkylation sites (tertiary alicyclic amines) is 1. The molecule has 2 fully saturated rings. The molecule has 15 N–H and O–H groups in total. The average Bonchev–Trinajstić information content (AvgIpc) is 3.92. The molecule has 2 aliphatic rings. The molecule has 0 aromatic carbocycles. The highest BCUT2D eigenvalue weighted by Crippen LogP contribution is 2.18. The number of primary amides is 2. The van der Waals surface area contributed by atoms with E-state index in [0.29, 0.717) is 6.42 Å². The molecule has 8 atom stereocenters. The Balaban J connectivity index is 1.98. The van der Waals surface area contributed by atoms with Crippen molar-refractivity contribution in [3.05, 3.63) is 0 Å². The molecular weight excluding hydrogens is 885 g/mol. The lowest BCUT2D eigenvalue weighted by atomic mass is 10.0. The Morgan fingerprint density at radius 3 is 1.69 bits per heavy atom. The van der Waals surface area contributed by atoms with Gasteiger partial charge in [-0.15, -0.1) is 0 Å². The van der Waals surface area contributed by atoms with E-state index < -0.39 is 139 Å². The quantitative estimate of drug-likeness (QED) is 0.0348. The molecule has 2 rings (SSSR count). The Morgan fingerprint density at radius 1 is 0.627 bits per heavy atom. The van der Waals surface area contributed by atoms with Crippen LogP contribution in [0.5, 0.6) is 0 Å². The molecule has 0 aromatic rings. The molecule has 0 saturated carbocycles. The second-order valence-corrected chi connectivity index (χ2v) is 17.4. The van der Waals surface area contributed by atoms with Crippen LogP contribution in [0.3, 0.4) is 0 Å². The standard InChI is InChI=1S/C41H68N12O14/c1-20(2)13-27(52-38(63)24(8-10-30(42)55)49-32(57)17-45-36(61)26-15-23(54)16-44-26)37(62)46-18-33(58)50-28(14-21(3)4)39(64)48-22(5)35(60)47-19-34(59)53-12-6-7-29(53)40(65)51-25(41(66)67)9-11-31(43)56/h20-29,44,54H,6-19H2,1-5H3,(H2,42,55)(H2,43,56)(H,45,61)(H,46,62)(H,47,60)(H,48,64)(H,49,57)(H,50,58)(H,51,65)(H,52,63)(H,66,67)/t22-,23+,24-,25-,26-,27-,28-,29-/m0/s1. The predicted molar refractivity (Wildman–Crippen MR) is 235 cm³/mol. The van der Waals surface area contributed by atoms with Gasteiger partial charge in [0.05, 0.1) is 31.8 Å². The number of nitrogens with zero attached hydrogens (tertiary/aromatic N) is 1. The maximum Gasteiger partial charge on any atom is 0.326 e. The molecule has 0 aromatic heterocycles. The van der Waals surface area contributed by atoms with Crippen LogP contribution in [0.2, 0.25) is 0 Å². The van der Waals surface area contributed by atoms with Gasteiger partial charge < -0.3 is 74.4 Å². The molecule has 376 valence electrons. The van der Waals surface area contributed by atoms with E-state index in [1.165, 1.54) is 11.8 Å². The summed E-state index contributed by atoms with van der Waals surface area (Å²) in [5.74, 6) is -9.91. The number of carboxylic acid groups (broad SMARTS) is 1. The van der Waals surface area contributed by atoms with Gasteiger partial charge in [0.25, 0.3) is 0 Å². The summed E-state index contributed by atoms with van der Waals surface area (Å²) in [5, 5.41) is 41.4. The van der Waals surface area contributed by atoms with Gasteiger partial charge in [-0.2, -0.15) is 0 Å². The fourth-order valence-electron chi connectivity index (χ4n) is 7.17. The Labute approximate surface area is 387 Å². The largest absolute Gasteiger partial charge is 0.480 e. The van der Waals surface area contributed by atoms with Crippen molar-refractivity contribution >= 4 is 70.9 Å². The van der Waals surface area contributed by atoms with Crippen LogP contribution in [0.15, 0.2) is 0 Å². The van der Waals surface area contributed by atoms with Gasteiger partial charge in [0.15, 0.2) is 0 Å². The third-order valence-corrected chi connectivity index (χ3v) is 10.6. The van der Waals surface area contributed by atoms with Crippen molar-refractivity contribution < 1.29 is 67.7 Å². The summed E-state index contributed by atoms with van der Waals surface area (Å²) in [7, 11) is 0. The number of nitrogens with two attached hydrogens (primary N) is 2. The van der Waals surface area contributed by atoms with Crippen molar-refractivity contribution in [3.8, 4) is 0 Å². The first-order valence-electron chi connectivity index (χ1n) is 22.2. The third-order valence-electron chi connectivity index (χ3n) is 10.6. The monoisotopic (exact) mass is 952 g/mol. The van der Waals surface area contributed by atoms with E-state index in [-0.39, 0.29) is 76.3 Å². The summed E-state index contributed by atoms with van der Waals surface area (Å²) in [4.78, 5) is 153. The Hall–Kier alpha value is -6.44. The second kappa shape index (κ2) is 27.9. The highest BCUT2D eigenvalue weighted by atomic mass is 16.4. The van der Waals surface area contributed by atoms with E-state index in [2.05, 4.69) is 47.9 Å². The van der Waals surface area contributed by atoms with Crippen LogP contribution in [-0.2, 0) is 57.5 Å². The van der Waals surface area contributed by atoms with Gasteiger partial charge in [-0.1, -0.05) is 27.7 Å². The zero-order valence-electron chi connectivity index (χ0n) is 38.6. The molecule has 26 nitrogen and oxygen atoms in total. The molecule has 26 heteroatoms. The fourth-order valence-corrected chi connectivity index (χ4v) is 7.17. The minimum Gasteiger partial charge on any atom is -0.480 e. The lowest BCUT2D eigenvalue weighted by molar-refractivity contribution is -0.144. The zero-order valence-corrected chi connectivity index (χ0v) is 38.6. The molecule has 2 saturated heterocycles. The van der Waals surface area contributed by atoms with E-state index in [9.17, 15) is 67.7 Å². The van der Waals surface area contributed by atoms with E-state index in [1.54, 1.807) is 27.7 Å². The number of aliphatic hydroxyl groups is 1. The molecule has 0 unspecified atom stereocenters. The van der Waals surface area contributed by atoms with Crippen LogP contribution < -0.4 is 59.3 Å². The van der Waals surface area contributed by atoms with Crippen molar-refractivity contribution in [1.29, 1.82) is 0 Å². The first-order chi connectivity index (χ1) is 31.4. The number of nitrogens with one attached hydrogen (secondary N) is 9. The van der Waals surface area contributed by atoms with Crippen LogP contribution in [0.1, 0.15) is 92.4 Å². The van der Waals surface area contributed by atoms with Crippen LogP contribution in [-0.4, -0.2) is 167 Å². The number of β-amino-alcohol motifs (C(OH)–C–C–N with tert-alkyl or cyclic N) is 1. The summed E-state index contributed by atoms with van der Waals surface area (Å²) >= 11 is 0. The maximum absolute atomic E-state index is 13.4. The highest BCUT2D eigenvalue weighted by Gasteiger charge is 2.37. The van der Waals surface area contributed by atoms with E-state index in [1.807, 2.05) is 0 Å². The third kappa shape index (κ3) is 20.7. The van der Waals surface area contributed by atoms with Crippen LogP contribution in [0, 0.1) is 11.8 Å². The second-order valence-electron chi connectivity index (χ2n) is 17.4. The molecule has 2 aliphatic heterocycles. The van der Waals surface area contributed by atoms with Gasteiger partial charge in [0.1, 0.15) is 36.3 Å². The smallest absolute Gasteiger partial charge is 0.326 e. The van der Waals surface area contributed by atoms with Gasteiger partial charge in [-0.25, -0.2) is 4.79 Å². The summed E-state index contributed by atoms with van der Waals surface area (Å²) in [6, 6.07) is -8.14. The SMILES string of the molecule is CC(C)C[C@H](NC(=O)CNC(=O)[C@H](CC(C)C)NC(=O)[C@H](CCC(N)=O)NC(=O)CNC(=O)[C@@H]1C[C@@H](O)CN1)C(=O)N[C@@H](C)C(=O)NCC(=O)N1CCC[C@H]1C(=O)N[C@@H](CCC(N)=O)C(=O)O. The molecule has 0 spiro atoms. The number of aliphatic hydroxyl groups excluding tert-OH is 1. The normalized spacial score (nSPS) is 18.9. The summed E-state index contributed by atoms with van der Waals surface area (Å²) < 4.78 is 0. The molecular formula is C41H68N12O14. The summed E-state index contributed by atoms with van der Waals surface area (Å²) in [6.07, 6.45) is -0.827. The number of rotatable bonds is 28. The topological polar surface area (TPSA) is 409 Å².